The number of benzene rings is 1. The second kappa shape index (κ2) is 7.18. The quantitative estimate of drug-likeness (QED) is 0.886. The van der Waals surface area contributed by atoms with E-state index in [9.17, 15) is 0 Å². The Kier molecular flexibility index (Phi) is 5.28. The molecule has 0 spiro atoms. The average molecular weight is 285 g/mol. The lowest BCUT2D eigenvalue weighted by Crippen LogP contribution is -2.06. The minimum Gasteiger partial charge on any atom is -0.494 e. The minimum atomic E-state index is 0.653. The van der Waals surface area contributed by atoms with Gasteiger partial charge in [0.2, 0.25) is 0 Å². The molecule has 0 amide bonds. The molecule has 112 valence electrons. The molecule has 0 saturated heterocycles. The van der Waals surface area contributed by atoms with Crippen LogP contribution in [0.3, 0.4) is 0 Å². The van der Waals surface area contributed by atoms with Crippen molar-refractivity contribution < 1.29 is 4.74 Å². The lowest BCUT2D eigenvalue weighted by molar-refractivity contribution is 0.340. The highest BCUT2D eigenvalue weighted by Gasteiger charge is 2.10. The zero-order valence-corrected chi connectivity index (χ0v) is 13.0. The van der Waals surface area contributed by atoms with Crippen LogP contribution in [0.25, 0.3) is 11.4 Å². The summed E-state index contributed by atoms with van der Waals surface area (Å²) in [5, 5.41) is 0. The van der Waals surface area contributed by atoms with Crippen LogP contribution in [0.1, 0.15) is 30.3 Å². The average Bonchev–Trinajstić information content (AvgIpc) is 2.47. The highest BCUT2D eigenvalue weighted by molar-refractivity contribution is 5.58. The Balaban J connectivity index is 2.34. The largest absolute Gasteiger partial charge is 0.494 e. The minimum absolute atomic E-state index is 0.653. The molecule has 2 N–H and O–H groups in total. The van der Waals surface area contributed by atoms with E-state index in [1.54, 1.807) is 0 Å². The highest BCUT2D eigenvalue weighted by Crippen LogP contribution is 2.23. The first-order valence-electron chi connectivity index (χ1n) is 7.43. The molecule has 0 atom stereocenters. The number of rotatable bonds is 6. The van der Waals surface area contributed by atoms with Crippen LogP contribution in [-0.2, 0) is 6.42 Å². The lowest BCUT2D eigenvalue weighted by atomic mass is 10.1. The summed E-state index contributed by atoms with van der Waals surface area (Å²) < 4.78 is 5.54. The molecule has 2 rings (SSSR count). The predicted octanol–water partition coefficient (Wildman–Crippen LogP) is 3.05. The standard InChI is InChI=1S/C17H23N3O/c1-4-21-15-8-5-7-14(11-15)17-19-12(2)16(9-6-10-18)13(3)20-17/h5,7-8,11H,4,6,9-10,18H2,1-3H3. The van der Waals surface area contributed by atoms with E-state index in [4.69, 9.17) is 10.5 Å². The molecular weight excluding hydrogens is 262 g/mol. The van der Waals surface area contributed by atoms with Gasteiger partial charge in [-0.15, -0.1) is 0 Å². The van der Waals surface area contributed by atoms with Crippen molar-refractivity contribution in [2.75, 3.05) is 13.2 Å². The van der Waals surface area contributed by atoms with Crippen LogP contribution in [0.2, 0.25) is 0 Å². The molecular formula is C17H23N3O. The van der Waals surface area contributed by atoms with E-state index >= 15 is 0 Å². The summed E-state index contributed by atoms with van der Waals surface area (Å²) in [6, 6.07) is 7.91. The van der Waals surface area contributed by atoms with Crippen LogP contribution >= 0.6 is 0 Å². The zero-order valence-electron chi connectivity index (χ0n) is 13.0. The molecule has 0 fully saturated rings. The molecule has 0 aliphatic carbocycles. The van der Waals surface area contributed by atoms with Gasteiger partial charge in [-0.05, 0) is 57.9 Å². The van der Waals surface area contributed by atoms with Gasteiger partial charge in [0.15, 0.2) is 5.82 Å². The van der Waals surface area contributed by atoms with E-state index in [1.807, 2.05) is 45.0 Å². The number of nitrogens with zero attached hydrogens (tertiary/aromatic N) is 2. The second-order valence-electron chi connectivity index (χ2n) is 5.05. The molecule has 4 nitrogen and oxygen atoms in total. The first kappa shape index (κ1) is 15.4. The Morgan fingerprint density at radius 3 is 2.48 bits per heavy atom. The molecule has 0 bridgehead atoms. The highest BCUT2D eigenvalue weighted by atomic mass is 16.5. The van der Waals surface area contributed by atoms with Crippen LogP contribution in [0.5, 0.6) is 5.75 Å². The van der Waals surface area contributed by atoms with Gasteiger partial charge in [0, 0.05) is 17.0 Å². The first-order valence-corrected chi connectivity index (χ1v) is 7.43. The van der Waals surface area contributed by atoms with Crippen molar-refractivity contribution >= 4 is 0 Å². The van der Waals surface area contributed by atoms with Gasteiger partial charge in [0.05, 0.1) is 6.61 Å². The van der Waals surface area contributed by atoms with E-state index < -0.39 is 0 Å². The summed E-state index contributed by atoms with van der Waals surface area (Å²) in [5.41, 5.74) is 9.85. The third-order valence-electron chi connectivity index (χ3n) is 3.45. The maximum absolute atomic E-state index is 5.59. The summed E-state index contributed by atoms with van der Waals surface area (Å²) >= 11 is 0. The van der Waals surface area contributed by atoms with Gasteiger partial charge in [0.1, 0.15) is 5.75 Å². The smallest absolute Gasteiger partial charge is 0.159 e. The van der Waals surface area contributed by atoms with E-state index in [2.05, 4.69) is 9.97 Å². The first-order chi connectivity index (χ1) is 10.2. The monoisotopic (exact) mass is 285 g/mol. The van der Waals surface area contributed by atoms with Crippen molar-refractivity contribution in [1.82, 2.24) is 9.97 Å². The molecule has 4 heteroatoms. The Morgan fingerprint density at radius 2 is 1.86 bits per heavy atom. The van der Waals surface area contributed by atoms with Gasteiger partial charge in [0.25, 0.3) is 0 Å². The summed E-state index contributed by atoms with van der Waals surface area (Å²) in [7, 11) is 0. The van der Waals surface area contributed by atoms with Gasteiger partial charge >= 0.3 is 0 Å². The Bertz CT molecular complexity index is 588. The zero-order chi connectivity index (χ0) is 15.2. The second-order valence-corrected chi connectivity index (χ2v) is 5.05. The number of ether oxygens (including phenoxy) is 1. The molecule has 21 heavy (non-hydrogen) atoms. The number of nitrogens with two attached hydrogens (primary N) is 1. The fourth-order valence-electron chi connectivity index (χ4n) is 2.40. The Morgan fingerprint density at radius 1 is 1.14 bits per heavy atom. The fourth-order valence-corrected chi connectivity index (χ4v) is 2.40. The summed E-state index contributed by atoms with van der Waals surface area (Å²) in [4.78, 5) is 9.30. The van der Waals surface area contributed by atoms with Gasteiger partial charge in [-0.3, -0.25) is 0 Å². The Labute approximate surface area is 126 Å². The van der Waals surface area contributed by atoms with Crippen LogP contribution in [0, 0.1) is 13.8 Å². The third kappa shape index (κ3) is 3.79. The summed E-state index contributed by atoms with van der Waals surface area (Å²) in [6.07, 6.45) is 1.90. The molecule has 0 radical (unpaired) electrons. The lowest BCUT2D eigenvalue weighted by Gasteiger charge is -2.11. The predicted molar refractivity (Wildman–Crippen MR) is 85.5 cm³/mol. The van der Waals surface area contributed by atoms with Gasteiger partial charge in [-0.2, -0.15) is 0 Å². The van der Waals surface area contributed by atoms with Gasteiger partial charge in [-0.1, -0.05) is 12.1 Å². The topological polar surface area (TPSA) is 61.0 Å². The van der Waals surface area contributed by atoms with Crippen molar-refractivity contribution in [3.8, 4) is 17.1 Å². The fraction of sp³-hybridized carbons (Fsp3) is 0.412. The molecule has 0 aliphatic heterocycles. The number of hydrogen-bond acceptors (Lipinski definition) is 4. The SMILES string of the molecule is CCOc1cccc(-c2nc(C)c(CCCN)c(C)n2)c1. The van der Waals surface area contributed by atoms with Crippen LogP contribution < -0.4 is 10.5 Å². The van der Waals surface area contributed by atoms with Gasteiger partial charge in [-0.25, -0.2) is 9.97 Å². The molecule has 2 aromatic rings. The molecule has 0 saturated carbocycles. The maximum atomic E-state index is 5.59. The van der Waals surface area contributed by atoms with Crippen molar-refractivity contribution in [2.24, 2.45) is 5.73 Å². The molecule has 1 aromatic carbocycles. The number of aryl methyl sites for hydroxylation is 2. The number of hydrogen-bond donors (Lipinski definition) is 1. The molecule has 1 aromatic heterocycles. The van der Waals surface area contributed by atoms with Crippen LogP contribution in [0.15, 0.2) is 24.3 Å². The maximum Gasteiger partial charge on any atom is 0.159 e. The molecule has 1 heterocycles. The molecule has 0 aliphatic rings. The molecule has 0 unspecified atom stereocenters. The van der Waals surface area contributed by atoms with Crippen molar-refractivity contribution in [3.05, 3.63) is 41.2 Å². The van der Waals surface area contributed by atoms with Gasteiger partial charge < -0.3 is 10.5 Å². The number of aromatic nitrogens is 2. The van der Waals surface area contributed by atoms with E-state index in [0.717, 1.165) is 41.4 Å². The van der Waals surface area contributed by atoms with Crippen LogP contribution in [0.4, 0.5) is 0 Å². The van der Waals surface area contributed by atoms with Crippen molar-refractivity contribution in [1.29, 1.82) is 0 Å². The Hall–Kier alpha value is -1.94. The van der Waals surface area contributed by atoms with Crippen molar-refractivity contribution in [2.45, 2.75) is 33.6 Å². The van der Waals surface area contributed by atoms with E-state index in [1.165, 1.54) is 5.56 Å². The van der Waals surface area contributed by atoms with E-state index in [-0.39, 0.29) is 0 Å². The summed E-state index contributed by atoms with van der Waals surface area (Å²) in [5.74, 6) is 1.60. The van der Waals surface area contributed by atoms with E-state index in [0.29, 0.717) is 13.2 Å². The normalized spacial score (nSPS) is 10.7. The third-order valence-corrected chi connectivity index (χ3v) is 3.45. The van der Waals surface area contributed by atoms with Crippen LogP contribution in [-0.4, -0.2) is 23.1 Å². The van der Waals surface area contributed by atoms with Crippen molar-refractivity contribution in [3.63, 3.8) is 0 Å². The summed E-state index contributed by atoms with van der Waals surface area (Å²) in [6.45, 7) is 7.40.